The standard InChI is InChI=1S/C15H20N2O2/c1-15(2,3)6-7-19-14(18)12-9-17-13-8-10(16)4-5-11(12)13/h4-5,8-9,17H,6-7,16H2,1-3H3. The van der Waals surface area contributed by atoms with Crippen LogP contribution in [0.25, 0.3) is 10.9 Å². The first kappa shape index (κ1) is 13.5. The van der Waals surface area contributed by atoms with E-state index in [1.807, 2.05) is 6.07 Å². The van der Waals surface area contributed by atoms with Gasteiger partial charge in [0.15, 0.2) is 0 Å². The zero-order chi connectivity index (χ0) is 14.0. The third kappa shape index (κ3) is 3.28. The van der Waals surface area contributed by atoms with E-state index in [-0.39, 0.29) is 11.4 Å². The fraction of sp³-hybridized carbons (Fsp3) is 0.400. The molecule has 4 nitrogen and oxygen atoms in total. The quantitative estimate of drug-likeness (QED) is 0.657. The van der Waals surface area contributed by atoms with Crippen molar-refractivity contribution in [2.45, 2.75) is 27.2 Å². The molecule has 0 bridgehead atoms. The molecule has 0 spiro atoms. The summed E-state index contributed by atoms with van der Waals surface area (Å²) in [5.41, 5.74) is 7.94. The van der Waals surface area contributed by atoms with E-state index in [1.165, 1.54) is 0 Å². The Kier molecular flexibility index (Phi) is 3.51. The molecule has 0 aliphatic rings. The predicted molar refractivity (Wildman–Crippen MR) is 77.1 cm³/mol. The molecular weight excluding hydrogens is 240 g/mol. The van der Waals surface area contributed by atoms with E-state index in [4.69, 9.17) is 10.5 Å². The fourth-order valence-electron chi connectivity index (χ4n) is 1.84. The van der Waals surface area contributed by atoms with E-state index in [2.05, 4.69) is 25.8 Å². The summed E-state index contributed by atoms with van der Waals surface area (Å²) >= 11 is 0. The first-order valence-electron chi connectivity index (χ1n) is 6.40. The minimum absolute atomic E-state index is 0.162. The molecule has 102 valence electrons. The molecular formula is C15H20N2O2. The number of carbonyl (C=O) groups is 1. The fourth-order valence-corrected chi connectivity index (χ4v) is 1.84. The smallest absolute Gasteiger partial charge is 0.340 e. The molecule has 0 radical (unpaired) electrons. The van der Waals surface area contributed by atoms with Crippen LogP contribution in [-0.4, -0.2) is 17.6 Å². The highest BCUT2D eigenvalue weighted by atomic mass is 16.5. The van der Waals surface area contributed by atoms with Gasteiger partial charge in [-0.25, -0.2) is 4.79 Å². The molecule has 0 saturated heterocycles. The maximum Gasteiger partial charge on any atom is 0.340 e. The van der Waals surface area contributed by atoms with Crippen molar-refractivity contribution in [3.63, 3.8) is 0 Å². The summed E-state index contributed by atoms with van der Waals surface area (Å²) in [5.74, 6) is -0.291. The summed E-state index contributed by atoms with van der Waals surface area (Å²) in [4.78, 5) is 15.1. The highest BCUT2D eigenvalue weighted by molar-refractivity contribution is 6.04. The number of hydrogen-bond acceptors (Lipinski definition) is 3. The Balaban J connectivity index is 2.09. The summed E-state index contributed by atoms with van der Waals surface area (Å²) in [6.45, 7) is 6.80. The number of nitrogen functional groups attached to an aromatic ring is 1. The van der Waals surface area contributed by atoms with Gasteiger partial charge in [-0.15, -0.1) is 0 Å². The minimum Gasteiger partial charge on any atom is -0.462 e. The number of benzene rings is 1. The van der Waals surface area contributed by atoms with Crippen molar-refractivity contribution < 1.29 is 9.53 Å². The third-order valence-electron chi connectivity index (χ3n) is 3.01. The Bertz CT molecular complexity index is 594. The van der Waals surface area contributed by atoms with Gasteiger partial charge >= 0.3 is 5.97 Å². The first-order chi connectivity index (χ1) is 8.87. The van der Waals surface area contributed by atoms with Gasteiger partial charge in [0.25, 0.3) is 0 Å². The summed E-state index contributed by atoms with van der Waals surface area (Å²) in [6.07, 6.45) is 2.51. The molecule has 1 heterocycles. The van der Waals surface area contributed by atoms with E-state index in [0.29, 0.717) is 17.9 Å². The molecule has 0 saturated carbocycles. The van der Waals surface area contributed by atoms with Gasteiger partial charge in [-0.05, 0) is 30.0 Å². The van der Waals surface area contributed by atoms with Crippen LogP contribution in [0.3, 0.4) is 0 Å². The average Bonchev–Trinajstić information content (AvgIpc) is 2.69. The minimum atomic E-state index is -0.291. The number of hydrogen-bond donors (Lipinski definition) is 2. The maximum absolute atomic E-state index is 12.0. The molecule has 3 N–H and O–H groups in total. The Labute approximate surface area is 112 Å². The second kappa shape index (κ2) is 4.96. The lowest BCUT2D eigenvalue weighted by molar-refractivity contribution is 0.0467. The van der Waals surface area contributed by atoms with Crippen molar-refractivity contribution in [1.29, 1.82) is 0 Å². The third-order valence-corrected chi connectivity index (χ3v) is 3.01. The van der Waals surface area contributed by atoms with Crippen molar-refractivity contribution in [2.75, 3.05) is 12.3 Å². The van der Waals surface area contributed by atoms with Crippen molar-refractivity contribution in [3.05, 3.63) is 30.0 Å². The number of aromatic nitrogens is 1. The lowest BCUT2D eigenvalue weighted by Gasteiger charge is -2.17. The van der Waals surface area contributed by atoms with Gasteiger partial charge in [0.2, 0.25) is 0 Å². The van der Waals surface area contributed by atoms with E-state index < -0.39 is 0 Å². The number of nitrogens with two attached hydrogens (primary N) is 1. The van der Waals surface area contributed by atoms with E-state index >= 15 is 0 Å². The number of ether oxygens (including phenoxy) is 1. The van der Waals surface area contributed by atoms with Gasteiger partial charge in [-0.3, -0.25) is 0 Å². The van der Waals surface area contributed by atoms with Crippen LogP contribution in [-0.2, 0) is 4.74 Å². The topological polar surface area (TPSA) is 68.1 Å². The molecule has 4 heteroatoms. The molecule has 0 aliphatic heterocycles. The van der Waals surface area contributed by atoms with E-state index in [1.54, 1.807) is 18.3 Å². The lowest BCUT2D eigenvalue weighted by Crippen LogP contribution is -2.13. The number of carbonyl (C=O) groups excluding carboxylic acids is 1. The number of esters is 1. The van der Waals surface area contributed by atoms with Gasteiger partial charge in [0, 0.05) is 22.8 Å². The number of H-pyrrole nitrogens is 1. The summed E-state index contributed by atoms with van der Waals surface area (Å²) in [7, 11) is 0. The monoisotopic (exact) mass is 260 g/mol. The molecule has 19 heavy (non-hydrogen) atoms. The van der Waals surface area contributed by atoms with Crippen molar-refractivity contribution in [1.82, 2.24) is 4.98 Å². The first-order valence-corrected chi connectivity index (χ1v) is 6.40. The molecule has 0 fully saturated rings. The highest BCUT2D eigenvalue weighted by Gasteiger charge is 2.15. The van der Waals surface area contributed by atoms with E-state index in [9.17, 15) is 4.79 Å². The second-order valence-electron chi connectivity index (χ2n) is 5.95. The van der Waals surface area contributed by atoms with Crippen LogP contribution in [0, 0.1) is 5.41 Å². The number of fused-ring (bicyclic) bond motifs is 1. The van der Waals surface area contributed by atoms with Crippen molar-refractivity contribution in [2.24, 2.45) is 5.41 Å². The normalized spacial score (nSPS) is 11.7. The SMILES string of the molecule is CC(C)(C)CCOC(=O)c1c[nH]c2cc(N)ccc12. The van der Waals surface area contributed by atoms with Crippen LogP contribution in [0.1, 0.15) is 37.6 Å². The van der Waals surface area contributed by atoms with Crippen LogP contribution in [0.5, 0.6) is 0 Å². The van der Waals surface area contributed by atoms with Crippen molar-refractivity contribution in [3.8, 4) is 0 Å². The average molecular weight is 260 g/mol. The van der Waals surface area contributed by atoms with Gasteiger partial charge in [-0.2, -0.15) is 0 Å². The number of anilines is 1. The van der Waals surface area contributed by atoms with Crippen LogP contribution >= 0.6 is 0 Å². The number of rotatable bonds is 3. The molecule has 2 aromatic rings. The highest BCUT2D eigenvalue weighted by Crippen LogP contribution is 2.22. The molecule has 1 aromatic heterocycles. The van der Waals surface area contributed by atoms with Crippen molar-refractivity contribution >= 4 is 22.6 Å². The van der Waals surface area contributed by atoms with Crippen LogP contribution < -0.4 is 5.73 Å². The van der Waals surface area contributed by atoms with Crippen LogP contribution in [0.4, 0.5) is 5.69 Å². The summed E-state index contributed by atoms with van der Waals surface area (Å²) < 4.78 is 5.31. The summed E-state index contributed by atoms with van der Waals surface area (Å²) in [6, 6.07) is 5.42. The molecule has 1 aromatic carbocycles. The molecule has 0 unspecified atom stereocenters. The van der Waals surface area contributed by atoms with Crippen LogP contribution in [0.2, 0.25) is 0 Å². The second-order valence-corrected chi connectivity index (χ2v) is 5.95. The summed E-state index contributed by atoms with van der Waals surface area (Å²) in [5, 5.41) is 0.843. The Morgan fingerprint density at radius 2 is 2.11 bits per heavy atom. The van der Waals surface area contributed by atoms with Gasteiger partial charge < -0.3 is 15.5 Å². The molecule has 0 atom stereocenters. The molecule has 0 amide bonds. The zero-order valence-corrected chi connectivity index (χ0v) is 11.6. The zero-order valence-electron chi connectivity index (χ0n) is 11.6. The van der Waals surface area contributed by atoms with Crippen LogP contribution in [0.15, 0.2) is 24.4 Å². The number of nitrogens with one attached hydrogen (secondary N) is 1. The van der Waals surface area contributed by atoms with Gasteiger partial charge in [-0.1, -0.05) is 20.8 Å². The number of aromatic amines is 1. The van der Waals surface area contributed by atoms with Gasteiger partial charge in [0.1, 0.15) is 0 Å². The Morgan fingerprint density at radius 1 is 1.37 bits per heavy atom. The Morgan fingerprint density at radius 3 is 2.79 bits per heavy atom. The predicted octanol–water partition coefficient (Wildman–Crippen LogP) is 3.34. The van der Waals surface area contributed by atoms with E-state index in [0.717, 1.165) is 17.3 Å². The molecule has 0 aliphatic carbocycles. The lowest BCUT2D eigenvalue weighted by atomic mass is 9.93. The Hall–Kier alpha value is -1.97. The largest absolute Gasteiger partial charge is 0.462 e. The van der Waals surface area contributed by atoms with Gasteiger partial charge in [0.05, 0.1) is 12.2 Å². The molecule has 2 rings (SSSR count). The maximum atomic E-state index is 12.0.